The third-order valence-electron chi connectivity index (χ3n) is 1.04. The topological polar surface area (TPSA) is 87.7 Å². The van der Waals surface area contributed by atoms with Crippen molar-refractivity contribution in [3.05, 3.63) is 0 Å². The molecule has 1 heterocycles. The maximum absolute atomic E-state index is 7.73. The van der Waals surface area contributed by atoms with Crippen LogP contribution in [0.15, 0.2) is 0 Å². The maximum Gasteiger partial charge on any atom is 0.283 e. The summed E-state index contributed by atoms with van der Waals surface area (Å²) in [5.41, 5.74) is 4.44. The molecule has 0 radical (unpaired) electrons. The van der Waals surface area contributed by atoms with Gasteiger partial charge in [-0.05, 0) is 25.9 Å². The predicted octanol–water partition coefficient (Wildman–Crippen LogP) is 0.0237. The van der Waals surface area contributed by atoms with E-state index in [9.17, 15) is 0 Å². The van der Waals surface area contributed by atoms with Crippen LogP contribution >= 0.6 is 8.53 Å². The van der Waals surface area contributed by atoms with Crippen LogP contribution in [0.1, 0.15) is 12.8 Å². The van der Waals surface area contributed by atoms with E-state index in [-0.39, 0.29) is 0 Å². The molecule has 0 bridgehead atoms. The molecule has 10 heavy (non-hydrogen) atoms. The summed E-state index contributed by atoms with van der Waals surface area (Å²) in [6.07, 6.45) is 2.78. The van der Waals surface area contributed by atoms with Crippen molar-refractivity contribution in [2.24, 2.45) is 5.50 Å². The predicted molar refractivity (Wildman–Crippen MR) is 39.1 cm³/mol. The van der Waals surface area contributed by atoms with Crippen molar-refractivity contribution in [1.29, 1.82) is 0 Å². The summed E-state index contributed by atoms with van der Waals surface area (Å²) < 4.78 is 3.15. The van der Waals surface area contributed by atoms with E-state index >= 15 is 0 Å². The number of hydrogen-bond acceptors (Lipinski definition) is 5. The largest absolute Gasteiger partial charge is 0.336 e. The van der Waals surface area contributed by atoms with Crippen LogP contribution in [-0.2, 0) is 4.67 Å². The number of nitrogens with two attached hydrogens (primary N) is 1. The third kappa shape index (κ3) is 8.23. The summed E-state index contributed by atoms with van der Waals surface area (Å²) in [4.78, 5) is 7.73. The number of rotatable bonds is 1. The molecule has 0 aromatic rings. The smallest absolute Gasteiger partial charge is 0.283 e. The second-order valence-electron chi connectivity index (χ2n) is 1.84. The maximum atomic E-state index is 7.73. The summed E-state index contributed by atoms with van der Waals surface area (Å²) in [6.45, 7) is 2.50. The molecule has 1 atom stereocenters. The molecule has 0 amide bonds. The molecule has 0 saturated carbocycles. The molecule has 1 saturated heterocycles. The molecule has 0 aromatic heterocycles. The Bertz CT molecular complexity index is 61.9. The van der Waals surface area contributed by atoms with Crippen LogP contribution in [0.25, 0.3) is 0 Å². The SMILES string of the molecule is C1CCNC1.NP(O)OO. The van der Waals surface area contributed by atoms with Crippen molar-refractivity contribution in [1.82, 2.24) is 5.32 Å². The second kappa shape index (κ2) is 7.34. The standard InChI is InChI=1S/C4H9N.H4NO3P/c1-2-4-5-3-1;1-5(3)4-2/h5H,1-4H2;2-3H,1H2. The van der Waals surface area contributed by atoms with Crippen LogP contribution in [-0.4, -0.2) is 23.2 Å². The van der Waals surface area contributed by atoms with Crippen LogP contribution < -0.4 is 10.8 Å². The summed E-state index contributed by atoms with van der Waals surface area (Å²) in [6, 6.07) is 0. The van der Waals surface area contributed by atoms with E-state index < -0.39 is 8.53 Å². The Labute approximate surface area is 61.1 Å². The molecule has 6 heteroatoms. The van der Waals surface area contributed by atoms with Crippen molar-refractivity contribution in [3.8, 4) is 0 Å². The zero-order valence-corrected chi connectivity index (χ0v) is 6.55. The molecule has 0 aromatic carbocycles. The van der Waals surface area contributed by atoms with Gasteiger partial charge >= 0.3 is 0 Å². The molecular formula is C4H13N2O3P. The first kappa shape index (κ1) is 10.2. The lowest BCUT2D eigenvalue weighted by molar-refractivity contribution is -0.136. The zero-order valence-electron chi connectivity index (χ0n) is 5.66. The first-order chi connectivity index (χ1) is 4.77. The number of hydrogen-bond donors (Lipinski definition) is 4. The van der Waals surface area contributed by atoms with Crippen LogP contribution in [0, 0.1) is 0 Å². The molecule has 62 valence electrons. The van der Waals surface area contributed by atoms with E-state index in [1.54, 1.807) is 0 Å². The van der Waals surface area contributed by atoms with E-state index in [1.807, 2.05) is 0 Å². The Morgan fingerprint density at radius 1 is 1.40 bits per heavy atom. The lowest BCUT2D eigenvalue weighted by Crippen LogP contribution is -2.03. The molecule has 1 rings (SSSR count). The van der Waals surface area contributed by atoms with E-state index in [0.29, 0.717) is 0 Å². The minimum Gasteiger partial charge on any atom is -0.336 e. The van der Waals surface area contributed by atoms with Gasteiger partial charge in [0.05, 0.1) is 0 Å². The van der Waals surface area contributed by atoms with Gasteiger partial charge in [0.25, 0.3) is 8.53 Å². The molecule has 1 unspecified atom stereocenters. The molecule has 5 nitrogen and oxygen atoms in total. The highest BCUT2D eigenvalue weighted by molar-refractivity contribution is 7.43. The molecule has 1 aliphatic heterocycles. The van der Waals surface area contributed by atoms with E-state index in [1.165, 1.54) is 25.9 Å². The van der Waals surface area contributed by atoms with E-state index in [0.717, 1.165) is 0 Å². The lowest BCUT2D eigenvalue weighted by atomic mass is 10.4. The minimum atomic E-state index is -2.04. The zero-order chi connectivity index (χ0) is 7.82. The normalized spacial score (nSPS) is 19.5. The fraction of sp³-hybridized carbons (Fsp3) is 1.00. The number of nitrogens with one attached hydrogen (secondary N) is 1. The molecular weight excluding hydrogens is 155 g/mol. The molecule has 0 aliphatic carbocycles. The van der Waals surface area contributed by atoms with Gasteiger partial charge in [0.15, 0.2) is 0 Å². The minimum absolute atomic E-state index is 1.25. The third-order valence-corrected chi connectivity index (χ3v) is 1.21. The highest BCUT2D eigenvalue weighted by Gasteiger charge is 1.93. The van der Waals surface area contributed by atoms with Crippen LogP contribution in [0.5, 0.6) is 0 Å². The van der Waals surface area contributed by atoms with E-state index in [4.69, 9.17) is 10.2 Å². The molecule has 1 aliphatic rings. The van der Waals surface area contributed by atoms with Gasteiger partial charge in [-0.3, -0.25) is 5.50 Å². The van der Waals surface area contributed by atoms with Crippen molar-refractivity contribution in [3.63, 3.8) is 0 Å². The highest BCUT2D eigenvalue weighted by atomic mass is 31.2. The van der Waals surface area contributed by atoms with Gasteiger partial charge in [-0.25, -0.2) is 5.26 Å². The fourth-order valence-electron chi connectivity index (χ4n) is 0.625. The molecule has 1 fully saturated rings. The van der Waals surface area contributed by atoms with E-state index in [2.05, 4.69) is 15.5 Å². The summed E-state index contributed by atoms with van der Waals surface area (Å²) in [7, 11) is -2.04. The van der Waals surface area contributed by atoms with Crippen molar-refractivity contribution in [2.75, 3.05) is 13.1 Å². The average molecular weight is 168 g/mol. The van der Waals surface area contributed by atoms with Gasteiger partial charge in [0.1, 0.15) is 0 Å². The van der Waals surface area contributed by atoms with Gasteiger partial charge in [0.2, 0.25) is 0 Å². The highest BCUT2D eigenvalue weighted by Crippen LogP contribution is 2.14. The fourth-order valence-corrected chi connectivity index (χ4v) is 0.625. The Morgan fingerprint density at radius 3 is 1.90 bits per heavy atom. The molecule has 5 N–H and O–H groups in total. The molecule has 0 spiro atoms. The monoisotopic (exact) mass is 168 g/mol. The first-order valence-electron chi connectivity index (χ1n) is 3.03. The Balaban J connectivity index is 0.000000162. The van der Waals surface area contributed by atoms with Gasteiger partial charge in [-0.2, -0.15) is 4.67 Å². The van der Waals surface area contributed by atoms with Crippen LogP contribution in [0.2, 0.25) is 0 Å². The van der Waals surface area contributed by atoms with Crippen molar-refractivity contribution in [2.45, 2.75) is 12.8 Å². The van der Waals surface area contributed by atoms with Crippen molar-refractivity contribution < 1.29 is 14.8 Å². The Morgan fingerprint density at radius 2 is 1.80 bits per heavy atom. The summed E-state index contributed by atoms with van der Waals surface area (Å²) >= 11 is 0. The van der Waals surface area contributed by atoms with Gasteiger partial charge in [-0.1, -0.05) is 0 Å². The second-order valence-corrected chi connectivity index (χ2v) is 2.61. The van der Waals surface area contributed by atoms with Crippen molar-refractivity contribution >= 4 is 8.53 Å². The van der Waals surface area contributed by atoms with Gasteiger partial charge in [-0.15, -0.1) is 0 Å². The Kier molecular flexibility index (Phi) is 7.51. The van der Waals surface area contributed by atoms with Gasteiger partial charge in [0, 0.05) is 0 Å². The lowest BCUT2D eigenvalue weighted by Gasteiger charge is -1.88. The van der Waals surface area contributed by atoms with Crippen LogP contribution in [0.4, 0.5) is 0 Å². The average Bonchev–Trinajstić information content (AvgIpc) is 2.43. The quantitative estimate of drug-likeness (QED) is 0.252. The summed E-state index contributed by atoms with van der Waals surface area (Å²) in [5, 5.41) is 10.5. The Hall–Kier alpha value is 0.230. The first-order valence-corrected chi connectivity index (χ1v) is 4.31. The van der Waals surface area contributed by atoms with Gasteiger partial charge < -0.3 is 10.2 Å². The summed E-state index contributed by atoms with van der Waals surface area (Å²) in [5.74, 6) is 0. The van der Waals surface area contributed by atoms with Crippen LogP contribution in [0.3, 0.4) is 0 Å².